The number of para-hydroxylation sites is 1. The first kappa shape index (κ1) is 19.6. The first-order valence-electron chi connectivity index (χ1n) is 8.81. The molecule has 0 saturated carbocycles. The van der Waals surface area contributed by atoms with Gasteiger partial charge in [0.1, 0.15) is 5.69 Å². The molecule has 0 saturated heterocycles. The zero-order valence-corrected chi connectivity index (χ0v) is 16.4. The van der Waals surface area contributed by atoms with E-state index in [4.69, 9.17) is 14.2 Å². The van der Waals surface area contributed by atoms with Gasteiger partial charge in [0.05, 0.1) is 21.3 Å². The normalized spacial score (nSPS) is 10.9. The van der Waals surface area contributed by atoms with E-state index in [1.54, 1.807) is 32.9 Å². The molecule has 3 aromatic rings. The molecule has 0 radical (unpaired) electrons. The highest BCUT2D eigenvalue weighted by Crippen LogP contribution is 2.38. The molecule has 1 aromatic heterocycles. The molecule has 28 heavy (non-hydrogen) atoms. The van der Waals surface area contributed by atoms with Crippen molar-refractivity contribution in [3.05, 3.63) is 53.2 Å². The third-order valence-electron chi connectivity index (χ3n) is 4.77. The molecular formula is C21H24N2O5. The molecule has 0 fully saturated rings. The van der Waals surface area contributed by atoms with Crippen molar-refractivity contribution in [1.29, 1.82) is 0 Å². The van der Waals surface area contributed by atoms with Gasteiger partial charge >= 0.3 is 5.97 Å². The Morgan fingerprint density at radius 2 is 1.68 bits per heavy atom. The van der Waals surface area contributed by atoms with E-state index in [0.717, 1.165) is 22.0 Å². The average molecular weight is 384 g/mol. The standard InChI is InChI=1S/C21H24N2O5/c1-23-16-8-6-5-7-14(16)15(19(23)21(24)25)12-22-11-13-9-17(26-2)20(28-4)18(10-13)27-3/h5-10,22H,11-12H2,1-4H3,(H,24,25). The molecule has 0 spiro atoms. The largest absolute Gasteiger partial charge is 0.493 e. The number of nitrogens with zero attached hydrogens (tertiary/aromatic N) is 1. The van der Waals surface area contributed by atoms with Crippen LogP contribution >= 0.6 is 0 Å². The highest BCUT2D eigenvalue weighted by Gasteiger charge is 2.20. The molecule has 7 nitrogen and oxygen atoms in total. The number of hydrogen-bond acceptors (Lipinski definition) is 5. The van der Waals surface area contributed by atoms with Crippen LogP contribution in [0.2, 0.25) is 0 Å². The summed E-state index contributed by atoms with van der Waals surface area (Å²) in [4.78, 5) is 11.8. The Labute approximate surface area is 163 Å². The SMILES string of the molecule is COc1cc(CNCc2c(C(=O)O)n(C)c3ccccc23)cc(OC)c1OC. The molecule has 2 aromatic carbocycles. The van der Waals surface area contributed by atoms with Gasteiger partial charge in [-0.05, 0) is 23.8 Å². The fourth-order valence-electron chi connectivity index (χ4n) is 3.49. The molecule has 148 valence electrons. The van der Waals surface area contributed by atoms with Crippen molar-refractivity contribution in [3.8, 4) is 17.2 Å². The summed E-state index contributed by atoms with van der Waals surface area (Å²) in [5, 5.41) is 13.9. The number of aromatic nitrogens is 1. The van der Waals surface area contributed by atoms with Crippen LogP contribution in [0.1, 0.15) is 21.6 Å². The first-order chi connectivity index (χ1) is 13.5. The molecule has 0 aliphatic heterocycles. The highest BCUT2D eigenvalue weighted by molar-refractivity contribution is 5.98. The second kappa shape index (κ2) is 8.22. The van der Waals surface area contributed by atoms with Gasteiger partial charge in [-0.1, -0.05) is 18.2 Å². The second-order valence-corrected chi connectivity index (χ2v) is 6.35. The third kappa shape index (κ3) is 3.48. The number of methoxy groups -OCH3 is 3. The maximum Gasteiger partial charge on any atom is 0.352 e. The Morgan fingerprint density at radius 1 is 1.04 bits per heavy atom. The number of aryl methyl sites for hydroxylation is 1. The maximum atomic E-state index is 11.8. The van der Waals surface area contributed by atoms with Gasteiger partial charge in [-0.15, -0.1) is 0 Å². The van der Waals surface area contributed by atoms with Gasteiger partial charge in [0.2, 0.25) is 5.75 Å². The van der Waals surface area contributed by atoms with Crippen LogP contribution in [0.5, 0.6) is 17.2 Å². The summed E-state index contributed by atoms with van der Waals surface area (Å²) in [6.07, 6.45) is 0. The number of ether oxygens (including phenoxy) is 3. The minimum atomic E-state index is -0.941. The van der Waals surface area contributed by atoms with E-state index < -0.39 is 5.97 Å². The smallest absolute Gasteiger partial charge is 0.352 e. The van der Waals surface area contributed by atoms with Crippen LogP contribution in [0.3, 0.4) is 0 Å². The average Bonchev–Trinajstić information content (AvgIpc) is 2.99. The van der Waals surface area contributed by atoms with Gasteiger partial charge in [-0.25, -0.2) is 4.79 Å². The van der Waals surface area contributed by atoms with Gasteiger partial charge in [0.25, 0.3) is 0 Å². The van der Waals surface area contributed by atoms with Gasteiger partial charge in [-0.3, -0.25) is 0 Å². The molecule has 2 N–H and O–H groups in total. The first-order valence-corrected chi connectivity index (χ1v) is 8.81. The van der Waals surface area contributed by atoms with Crippen molar-refractivity contribution in [1.82, 2.24) is 9.88 Å². The molecule has 0 aliphatic rings. The number of rotatable bonds is 8. The number of carbonyl (C=O) groups is 1. The van der Waals surface area contributed by atoms with E-state index in [2.05, 4.69) is 5.32 Å². The molecule has 0 aliphatic carbocycles. The predicted molar refractivity (Wildman–Crippen MR) is 107 cm³/mol. The molecular weight excluding hydrogens is 360 g/mol. The quantitative estimate of drug-likeness (QED) is 0.621. The Balaban J connectivity index is 1.86. The van der Waals surface area contributed by atoms with E-state index in [0.29, 0.717) is 36.0 Å². The number of benzene rings is 2. The maximum absolute atomic E-state index is 11.8. The summed E-state index contributed by atoms with van der Waals surface area (Å²) in [6, 6.07) is 11.4. The van der Waals surface area contributed by atoms with Gasteiger partial charge in [0, 0.05) is 36.6 Å². The second-order valence-electron chi connectivity index (χ2n) is 6.35. The number of fused-ring (bicyclic) bond motifs is 1. The zero-order valence-electron chi connectivity index (χ0n) is 16.4. The van der Waals surface area contributed by atoms with Crippen LogP contribution < -0.4 is 19.5 Å². The summed E-state index contributed by atoms with van der Waals surface area (Å²) in [7, 11) is 6.48. The van der Waals surface area contributed by atoms with Gasteiger partial charge in [-0.2, -0.15) is 0 Å². The minimum absolute atomic E-state index is 0.290. The van der Waals surface area contributed by atoms with Crippen molar-refractivity contribution in [2.45, 2.75) is 13.1 Å². The number of carboxylic acid groups (broad SMARTS) is 1. The Bertz CT molecular complexity index is 984. The van der Waals surface area contributed by atoms with Gasteiger partial charge in [0.15, 0.2) is 11.5 Å². The summed E-state index contributed by atoms with van der Waals surface area (Å²) < 4.78 is 17.8. The molecule has 0 atom stereocenters. The minimum Gasteiger partial charge on any atom is -0.493 e. The molecule has 1 heterocycles. The Morgan fingerprint density at radius 3 is 2.25 bits per heavy atom. The Kier molecular flexibility index (Phi) is 5.75. The van der Waals surface area contributed by atoms with Crippen LogP contribution in [0.4, 0.5) is 0 Å². The van der Waals surface area contributed by atoms with Crippen molar-refractivity contribution >= 4 is 16.9 Å². The molecule has 7 heteroatoms. The lowest BCUT2D eigenvalue weighted by molar-refractivity contribution is 0.0685. The number of nitrogens with one attached hydrogen (secondary N) is 1. The number of aromatic carboxylic acids is 1. The lowest BCUT2D eigenvalue weighted by Crippen LogP contribution is -2.16. The van der Waals surface area contributed by atoms with Gasteiger partial charge < -0.3 is 29.2 Å². The van der Waals surface area contributed by atoms with E-state index >= 15 is 0 Å². The van der Waals surface area contributed by atoms with Crippen molar-refractivity contribution < 1.29 is 24.1 Å². The highest BCUT2D eigenvalue weighted by atomic mass is 16.5. The predicted octanol–water partition coefficient (Wildman–Crippen LogP) is 3.19. The van der Waals surface area contributed by atoms with Crippen LogP contribution in [0.25, 0.3) is 10.9 Å². The fraction of sp³-hybridized carbons (Fsp3) is 0.286. The summed E-state index contributed by atoms with van der Waals surface area (Å²) in [5.41, 5.74) is 2.88. The van der Waals surface area contributed by atoms with E-state index in [9.17, 15) is 9.90 Å². The number of hydrogen-bond donors (Lipinski definition) is 2. The topological polar surface area (TPSA) is 82.0 Å². The summed E-state index contributed by atoms with van der Waals surface area (Å²) >= 11 is 0. The lowest BCUT2D eigenvalue weighted by atomic mass is 10.1. The van der Waals surface area contributed by atoms with Crippen LogP contribution in [-0.4, -0.2) is 37.0 Å². The third-order valence-corrected chi connectivity index (χ3v) is 4.77. The molecule has 3 rings (SSSR count). The molecule has 0 unspecified atom stereocenters. The van der Waals surface area contributed by atoms with E-state index in [1.165, 1.54) is 0 Å². The van der Waals surface area contributed by atoms with Crippen LogP contribution in [-0.2, 0) is 20.1 Å². The van der Waals surface area contributed by atoms with E-state index in [-0.39, 0.29) is 0 Å². The zero-order chi connectivity index (χ0) is 20.3. The monoisotopic (exact) mass is 384 g/mol. The van der Waals surface area contributed by atoms with Crippen LogP contribution in [0, 0.1) is 0 Å². The van der Waals surface area contributed by atoms with Crippen molar-refractivity contribution in [2.75, 3.05) is 21.3 Å². The lowest BCUT2D eigenvalue weighted by Gasteiger charge is -2.14. The summed E-state index contributed by atoms with van der Waals surface area (Å²) in [5.74, 6) is 0.754. The van der Waals surface area contributed by atoms with Crippen molar-refractivity contribution in [2.24, 2.45) is 7.05 Å². The van der Waals surface area contributed by atoms with E-state index in [1.807, 2.05) is 36.4 Å². The Hall–Kier alpha value is -3.19. The fourth-order valence-corrected chi connectivity index (χ4v) is 3.49. The number of carboxylic acids is 1. The molecule has 0 bridgehead atoms. The molecule has 0 amide bonds. The summed E-state index contributed by atoms with van der Waals surface area (Å²) in [6.45, 7) is 0.929. The van der Waals surface area contributed by atoms with Crippen molar-refractivity contribution in [3.63, 3.8) is 0 Å². The van der Waals surface area contributed by atoms with Crippen LogP contribution in [0.15, 0.2) is 36.4 Å².